The van der Waals surface area contributed by atoms with Crippen LogP contribution in [0.25, 0.3) is 0 Å². The summed E-state index contributed by atoms with van der Waals surface area (Å²) in [4.78, 5) is 4.48. The third kappa shape index (κ3) is 3.91. The molecule has 2 unspecified atom stereocenters. The topological polar surface area (TPSA) is 73.1 Å². The molecule has 6 heteroatoms. The van der Waals surface area contributed by atoms with Gasteiger partial charge in [0.25, 0.3) is 0 Å². The SMILES string of the molecule is COc1cccc(Cc2nsc(NC(C)C(C)N)n2)c1. The molecule has 0 spiro atoms. The lowest BCUT2D eigenvalue weighted by molar-refractivity contribution is 0.414. The molecule has 20 heavy (non-hydrogen) atoms. The highest BCUT2D eigenvalue weighted by molar-refractivity contribution is 7.09. The molecule has 5 nitrogen and oxygen atoms in total. The van der Waals surface area contributed by atoms with Gasteiger partial charge in [0.05, 0.1) is 7.11 Å². The number of benzene rings is 1. The van der Waals surface area contributed by atoms with E-state index in [1.165, 1.54) is 11.5 Å². The minimum absolute atomic E-state index is 0.0701. The molecule has 1 aromatic carbocycles. The van der Waals surface area contributed by atoms with Gasteiger partial charge in [-0.25, -0.2) is 4.98 Å². The number of methoxy groups -OCH3 is 1. The monoisotopic (exact) mass is 292 g/mol. The van der Waals surface area contributed by atoms with Crippen LogP contribution in [0.1, 0.15) is 25.2 Å². The minimum atomic E-state index is 0.0701. The number of hydrogen-bond acceptors (Lipinski definition) is 6. The first-order chi connectivity index (χ1) is 9.58. The van der Waals surface area contributed by atoms with Gasteiger partial charge in [-0.2, -0.15) is 4.37 Å². The molecule has 0 fully saturated rings. The smallest absolute Gasteiger partial charge is 0.202 e. The van der Waals surface area contributed by atoms with E-state index in [-0.39, 0.29) is 12.1 Å². The molecule has 0 aliphatic rings. The van der Waals surface area contributed by atoms with Crippen molar-refractivity contribution in [1.82, 2.24) is 9.36 Å². The fraction of sp³-hybridized carbons (Fsp3) is 0.429. The van der Waals surface area contributed by atoms with Crippen LogP contribution in [0.15, 0.2) is 24.3 Å². The van der Waals surface area contributed by atoms with Crippen LogP contribution in [0.3, 0.4) is 0 Å². The summed E-state index contributed by atoms with van der Waals surface area (Å²) in [7, 11) is 1.66. The normalized spacial score (nSPS) is 13.8. The maximum absolute atomic E-state index is 5.83. The number of nitrogens with zero attached hydrogens (tertiary/aromatic N) is 2. The quantitative estimate of drug-likeness (QED) is 0.854. The minimum Gasteiger partial charge on any atom is -0.497 e. The highest BCUT2D eigenvalue weighted by Gasteiger charge is 2.11. The molecule has 3 N–H and O–H groups in total. The number of nitrogens with one attached hydrogen (secondary N) is 1. The van der Waals surface area contributed by atoms with Gasteiger partial charge in [-0.15, -0.1) is 0 Å². The third-order valence-electron chi connectivity index (χ3n) is 3.10. The number of aromatic nitrogens is 2. The summed E-state index contributed by atoms with van der Waals surface area (Å²) in [5.41, 5.74) is 6.96. The third-order valence-corrected chi connectivity index (χ3v) is 3.79. The van der Waals surface area contributed by atoms with Crippen molar-refractivity contribution >= 4 is 16.7 Å². The second-order valence-electron chi connectivity index (χ2n) is 4.84. The first-order valence-electron chi connectivity index (χ1n) is 6.56. The Balaban J connectivity index is 2.02. The highest BCUT2D eigenvalue weighted by atomic mass is 32.1. The molecule has 1 heterocycles. The van der Waals surface area contributed by atoms with Crippen LogP contribution < -0.4 is 15.8 Å². The molecule has 0 aliphatic heterocycles. The van der Waals surface area contributed by atoms with Gasteiger partial charge in [0.1, 0.15) is 11.6 Å². The lowest BCUT2D eigenvalue weighted by atomic mass is 10.1. The van der Waals surface area contributed by atoms with Crippen molar-refractivity contribution in [3.63, 3.8) is 0 Å². The number of hydrogen-bond donors (Lipinski definition) is 2. The summed E-state index contributed by atoms with van der Waals surface area (Å²) in [6, 6.07) is 8.18. The zero-order valence-corrected chi connectivity index (χ0v) is 12.8. The van der Waals surface area contributed by atoms with E-state index in [1.807, 2.05) is 38.1 Å². The predicted molar refractivity (Wildman–Crippen MR) is 82.4 cm³/mol. The van der Waals surface area contributed by atoms with Crippen LogP contribution in [0, 0.1) is 0 Å². The predicted octanol–water partition coefficient (Wildman–Crippen LogP) is 2.29. The largest absolute Gasteiger partial charge is 0.497 e. The van der Waals surface area contributed by atoms with Gasteiger partial charge in [-0.05, 0) is 31.5 Å². The average Bonchev–Trinajstić information content (AvgIpc) is 2.86. The van der Waals surface area contributed by atoms with E-state index in [1.54, 1.807) is 7.11 Å². The standard InChI is InChI=1S/C14H20N4OS/c1-9(15)10(2)16-14-17-13(18-20-14)8-11-5-4-6-12(7-11)19-3/h4-7,9-10H,8,15H2,1-3H3,(H,16,17,18). The van der Waals surface area contributed by atoms with Gasteiger partial charge in [-0.3, -0.25) is 0 Å². The Labute approximate surface area is 123 Å². The van der Waals surface area contributed by atoms with Crippen LogP contribution in [-0.4, -0.2) is 28.6 Å². The van der Waals surface area contributed by atoms with E-state index in [9.17, 15) is 0 Å². The molecule has 2 aromatic rings. The zero-order chi connectivity index (χ0) is 14.5. The van der Waals surface area contributed by atoms with E-state index >= 15 is 0 Å². The Morgan fingerprint density at radius 3 is 2.90 bits per heavy atom. The van der Waals surface area contributed by atoms with Crippen LogP contribution in [0.4, 0.5) is 5.13 Å². The molecular formula is C14H20N4OS. The van der Waals surface area contributed by atoms with Crippen molar-refractivity contribution in [3.8, 4) is 5.75 Å². The Morgan fingerprint density at radius 1 is 1.40 bits per heavy atom. The van der Waals surface area contributed by atoms with Gasteiger partial charge in [0.2, 0.25) is 5.13 Å². The first-order valence-corrected chi connectivity index (χ1v) is 7.33. The van der Waals surface area contributed by atoms with Crippen molar-refractivity contribution in [1.29, 1.82) is 0 Å². The maximum Gasteiger partial charge on any atom is 0.202 e. The summed E-state index contributed by atoms with van der Waals surface area (Å²) < 4.78 is 9.58. The number of nitrogens with two attached hydrogens (primary N) is 1. The maximum atomic E-state index is 5.83. The molecule has 0 amide bonds. The summed E-state index contributed by atoms with van der Waals surface area (Å²) in [6.07, 6.45) is 0.696. The molecule has 0 aliphatic carbocycles. The molecule has 2 atom stereocenters. The fourth-order valence-electron chi connectivity index (χ4n) is 1.68. The van der Waals surface area contributed by atoms with E-state index < -0.39 is 0 Å². The van der Waals surface area contributed by atoms with E-state index in [4.69, 9.17) is 10.5 Å². The Morgan fingerprint density at radius 2 is 2.20 bits per heavy atom. The van der Waals surface area contributed by atoms with Crippen molar-refractivity contribution in [2.45, 2.75) is 32.4 Å². The highest BCUT2D eigenvalue weighted by Crippen LogP contribution is 2.18. The van der Waals surface area contributed by atoms with Crippen molar-refractivity contribution in [2.75, 3.05) is 12.4 Å². The molecule has 2 rings (SSSR count). The summed E-state index contributed by atoms with van der Waals surface area (Å²) in [6.45, 7) is 4.00. The zero-order valence-electron chi connectivity index (χ0n) is 12.0. The first kappa shape index (κ1) is 14.7. The average molecular weight is 292 g/mol. The molecule has 1 aromatic heterocycles. The van der Waals surface area contributed by atoms with Crippen LogP contribution in [-0.2, 0) is 6.42 Å². The van der Waals surface area contributed by atoms with Crippen molar-refractivity contribution in [2.24, 2.45) is 5.73 Å². The number of anilines is 1. The lowest BCUT2D eigenvalue weighted by Gasteiger charge is -2.15. The number of ether oxygens (including phenoxy) is 1. The second-order valence-corrected chi connectivity index (χ2v) is 5.59. The Bertz CT molecular complexity index is 556. The van der Waals surface area contributed by atoms with Gasteiger partial charge >= 0.3 is 0 Å². The Hall–Kier alpha value is -1.66. The molecule has 0 radical (unpaired) electrons. The van der Waals surface area contributed by atoms with Gasteiger partial charge in [0.15, 0.2) is 0 Å². The molecule has 108 valence electrons. The van der Waals surface area contributed by atoms with E-state index in [2.05, 4.69) is 14.7 Å². The molecule has 0 bridgehead atoms. The summed E-state index contributed by atoms with van der Waals surface area (Å²) in [5.74, 6) is 1.66. The van der Waals surface area contributed by atoms with Crippen LogP contribution in [0.2, 0.25) is 0 Å². The lowest BCUT2D eigenvalue weighted by Crippen LogP contribution is -2.35. The fourth-order valence-corrected chi connectivity index (χ4v) is 2.36. The Kier molecular flexibility index (Phi) is 4.92. The van der Waals surface area contributed by atoms with Crippen molar-refractivity contribution < 1.29 is 4.74 Å². The van der Waals surface area contributed by atoms with E-state index in [0.29, 0.717) is 6.42 Å². The van der Waals surface area contributed by atoms with Crippen molar-refractivity contribution in [3.05, 3.63) is 35.7 Å². The summed E-state index contributed by atoms with van der Waals surface area (Å²) >= 11 is 1.37. The van der Waals surface area contributed by atoms with Crippen LogP contribution >= 0.6 is 11.5 Å². The summed E-state index contributed by atoms with van der Waals surface area (Å²) in [5, 5.41) is 4.08. The number of rotatable bonds is 6. The van der Waals surface area contributed by atoms with Gasteiger partial charge < -0.3 is 15.8 Å². The second kappa shape index (κ2) is 6.67. The molecular weight excluding hydrogens is 272 g/mol. The molecule has 0 saturated carbocycles. The van der Waals surface area contributed by atoms with E-state index in [0.717, 1.165) is 22.3 Å². The van der Waals surface area contributed by atoms with Gasteiger partial charge in [-0.1, -0.05) is 12.1 Å². The van der Waals surface area contributed by atoms with Gasteiger partial charge in [0, 0.05) is 30.0 Å². The van der Waals surface area contributed by atoms with Crippen LogP contribution in [0.5, 0.6) is 5.75 Å². The molecule has 0 saturated heterocycles.